The average molecular weight is 275 g/mol. The molecule has 0 aliphatic rings. The topological polar surface area (TPSA) is 43.6 Å². The molecule has 0 fully saturated rings. The van der Waals surface area contributed by atoms with Gasteiger partial charge in [0.2, 0.25) is 0 Å². The van der Waals surface area contributed by atoms with Gasteiger partial charge in [-0.1, -0.05) is 15.9 Å². The van der Waals surface area contributed by atoms with Crippen LogP contribution in [0.15, 0.2) is 47.3 Å². The van der Waals surface area contributed by atoms with Crippen LogP contribution in [0.1, 0.15) is 0 Å². The minimum atomic E-state index is 0.583. The fraction of sp³-hybridized carbons (Fsp3) is 0. The van der Waals surface area contributed by atoms with E-state index in [1.807, 2.05) is 30.5 Å². The van der Waals surface area contributed by atoms with Gasteiger partial charge in [-0.25, -0.2) is 14.6 Å². The zero-order valence-electron chi connectivity index (χ0n) is 8.21. The van der Waals surface area contributed by atoms with E-state index >= 15 is 0 Å². The van der Waals surface area contributed by atoms with Crippen LogP contribution >= 0.6 is 15.9 Å². The Labute approximate surface area is 100 Å². The predicted molar refractivity (Wildman–Crippen MR) is 64.4 cm³/mol. The van der Waals surface area contributed by atoms with E-state index in [-0.39, 0.29) is 0 Å². The molecule has 3 aromatic rings. The van der Waals surface area contributed by atoms with E-state index in [9.17, 15) is 0 Å². The van der Waals surface area contributed by atoms with Crippen molar-refractivity contribution >= 4 is 26.8 Å². The second-order valence-electron chi connectivity index (χ2n) is 3.32. The van der Waals surface area contributed by atoms with Gasteiger partial charge in [0.05, 0.1) is 5.52 Å². The molecule has 5 heteroatoms. The molecule has 16 heavy (non-hydrogen) atoms. The summed E-state index contributed by atoms with van der Waals surface area (Å²) in [5.41, 5.74) is 0.906. The summed E-state index contributed by atoms with van der Waals surface area (Å²) in [5, 5.41) is 5.10. The van der Waals surface area contributed by atoms with Crippen LogP contribution in [0.4, 0.5) is 0 Å². The molecule has 1 aromatic carbocycles. The lowest BCUT2D eigenvalue weighted by Gasteiger charge is -2.01. The molecule has 0 atom stereocenters. The summed E-state index contributed by atoms with van der Waals surface area (Å²) < 4.78 is 2.66. The summed E-state index contributed by atoms with van der Waals surface area (Å²) >= 11 is 3.42. The first kappa shape index (κ1) is 9.47. The van der Waals surface area contributed by atoms with E-state index in [0.29, 0.717) is 5.95 Å². The highest BCUT2D eigenvalue weighted by Gasteiger charge is 2.02. The molecular weight excluding hydrogens is 268 g/mol. The molecule has 0 aliphatic heterocycles. The lowest BCUT2D eigenvalue weighted by atomic mass is 10.2. The third-order valence-electron chi connectivity index (χ3n) is 2.24. The zero-order valence-corrected chi connectivity index (χ0v) is 9.79. The first-order valence-electron chi connectivity index (χ1n) is 4.75. The summed E-state index contributed by atoms with van der Waals surface area (Å²) in [6.07, 6.45) is 5.32. The largest absolute Gasteiger partial charge is 0.251 e. The number of hydrogen-bond acceptors (Lipinski definition) is 3. The summed E-state index contributed by atoms with van der Waals surface area (Å²) in [5.74, 6) is 0.583. The maximum Gasteiger partial charge on any atom is 0.251 e. The number of hydrogen-bond donors (Lipinski definition) is 0. The molecule has 0 bridgehead atoms. The molecule has 0 amide bonds. The van der Waals surface area contributed by atoms with Crippen molar-refractivity contribution in [2.45, 2.75) is 0 Å². The standard InChI is InChI=1S/C11H7BrN4/c12-9-2-3-10-8(6-9)7-13-11(15-10)16-5-1-4-14-16/h1-7H. The Balaban J connectivity index is 2.20. The van der Waals surface area contributed by atoms with Gasteiger partial charge in [-0.05, 0) is 24.3 Å². The highest BCUT2D eigenvalue weighted by atomic mass is 79.9. The summed E-state index contributed by atoms with van der Waals surface area (Å²) in [6, 6.07) is 7.74. The normalized spacial score (nSPS) is 10.8. The molecular formula is C11H7BrN4. The van der Waals surface area contributed by atoms with Crippen molar-refractivity contribution in [2.75, 3.05) is 0 Å². The highest BCUT2D eigenvalue weighted by molar-refractivity contribution is 9.10. The molecule has 0 N–H and O–H groups in total. The molecule has 4 nitrogen and oxygen atoms in total. The van der Waals surface area contributed by atoms with Gasteiger partial charge in [0.25, 0.3) is 5.95 Å². The highest BCUT2D eigenvalue weighted by Crippen LogP contribution is 2.17. The maximum absolute atomic E-state index is 4.43. The predicted octanol–water partition coefficient (Wildman–Crippen LogP) is 2.58. The smallest absolute Gasteiger partial charge is 0.219 e. The molecule has 0 unspecified atom stereocenters. The van der Waals surface area contributed by atoms with Crippen molar-refractivity contribution in [2.24, 2.45) is 0 Å². The second kappa shape index (κ2) is 3.68. The Bertz CT molecular complexity index is 634. The number of halogens is 1. The quantitative estimate of drug-likeness (QED) is 0.685. The minimum absolute atomic E-state index is 0.583. The SMILES string of the molecule is Brc1ccc2nc(-n3cccn3)ncc2c1. The van der Waals surface area contributed by atoms with Crippen molar-refractivity contribution in [3.63, 3.8) is 0 Å². The van der Waals surface area contributed by atoms with Crippen LogP contribution in [0.3, 0.4) is 0 Å². The Morgan fingerprint density at radius 3 is 3.00 bits per heavy atom. The number of nitrogens with zero attached hydrogens (tertiary/aromatic N) is 4. The Kier molecular flexibility index (Phi) is 2.18. The first-order valence-corrected chi connectivity index (χ1v) is 5.54. The fourth-order valence-corrected chi connectivity index (χ4v) is 1.87. The lowest BCUT2D eigenvalue weighted by Crippen LogP contribution is -2.00. The van der Waals surface area contributed by atoms with Crippen LogP contribution in [0.25, 0.3) is 16.9 Å². The average Bonchev–Trinajstić information content (AvgIpc) is 2.82. The summed E-state index contributed by atoms with van der Waals surface area (Å²) in [6.45, 7) is 0. The van der Waals surface area contributed by atoms with Crippen LogP contribution in [0.2, 0.25) is 0 Å². The van der Waals surface area contributed by atoms with Gasteiger partial charge in [0, 0.05) is 28.4 Å². The molecule has 3 rings (SSSR count). The van der Waals surface area contributed by atoms with Crippen LogP contribution in [0.5, 0.6) is 0 Å². The zero-order chi connectivity index (χ0) is 11.0. The first-order chi connectivity index (χ1) is 7.83. The van der Waals surface area contributed by atoms with Crippen LogP contribution < -0.4 is 0 Å². The van der Waals surface area contributed by atoms with Crippen molar-refractivity contribution in [1.29, 1.82) is 0 Å². The molecule has 0 aliphatic carbocycles. The molecule has 0 radical (unpaired) electrons. The van der Waals surface area contributed by atoms with Gasteiger partial charge in [-0.3, -0.25) is 0 Å². The molecule has 2 heterocycles. The van der Waals surface area contributed by atoms with Gasteiger partial charge in [0.15, 0.2) is 0 Å². The maximum atomic E-state index is 4.43. The minimum Gasteiger partial charge on any atom is -0.219 e. The van der Waals surface area contributed by atoms with E-state index in [1.165, 1.54) is 0 Å². The number of benzene rings is 1. The van der Waals surface area contributed by atoms with E-state index in [4.69, 9.17) is 0 Å². The monoisotopic (exact) mass is 274 g/mol. The summed E-state index contributed by atoms with van der Waals surface area (Å²) in [4.78, 5) is 8.69. The number of fused-ring (bicyclic) bond motifs is 1. The fourth-order valence-electron chi connectivity index (χ4n) is 1.49. The van der Waals surface area contributed by atoms with Crippen LogP contribution in [0, 0.1) is 0 Å². The van der Waals surface area contributed by atoms with Crippen LogP contribution in [-0.4, -0.2) is 19.7 Å². The second-order valence-corrected chi connectivity index (χ2v) is 4.24. The molecule has 0 saturated carbocycles. The van der Waals surface area contributed by atoms with Crippen molar-refractivity contribution < 1.29 is 0 Å². The molecule has 0 saturated heterocycles. The van der Waals surface area contributed by atoms with E-state index in [1.54, 1.807) is 17.1 Å². The van der Waals surface area contributed by atoms with E-state index in [2.05, 4.69) is 31.0 Å². The van der Waals surface area contributed by atoms with E-state index in [0.717, 1.165) is 15.4 Å². The number of rotatable bonds is 1. The molecule has 2 aromatic heterocycles. The number of aromatic nitrogens is 4. The van der Waals surface area contributed by atoms with Crippen molar-refractivity contribution in [1.82, 2.24) is 19.7 Å². The third-order valence-corrected chi connectivity index (χ3v) is 2.73. The van der Waals surface area contributed by atoms with Gasteiger partial charge < -0.3 is 0 Å². The third kappa shape index (κ3) is 1.59. The van der Waals surface area contributed by atoms with E-state index < -0.39 is 0 Å². The van der Waals surface area contributed by atoms with Crippen LogP contribution in [-0.2, 0) is 0 Å². The Hall–Kier alpha value is -1.75. The van der Waals surface area contributed by atoms with Gasteiger partial charge in [0.1, 0.15) is 0 Å². The van der Waals surface area contributed by atoms with Crippen molar-refractivity contribution in [3.8, 4) is 5.95 Å². The molecule has 0 spiro atoms. The van der Waals surface area contributed by atoms with Gasteiger partial charge in [-0.15, -0.1) is 0 Å². The Morgan fingerprint density at radius 2 is 2.19 bits per heavy atom. The molecule has 78 valence electrons. The lowest BCUT2D eigenvalue weighted by molar-refractivity contribution is 0.815. The van der Waals surface area contributed by atoms with Gasteiger partial charge >= 0.3 is 0 Å². The van der Waals surface area contributed by atoms with Gasteiger partial charge in [-0.2, -0.15) is 5.10 Å². The Morgan fingerprint density at radius 1 is 1.25 bits per heavy atom. The van der Waals surface area contributed by atoms with Crippen molar-refractivity contribution in [3.05, 3.63) is 47.3 Å². The summed E-state index contributed by atoms with van der Waals surface area (Å²) in [7, 11) is 0.